The van der Waals surface area contributed by atoms with Crippen molar-refractivity contribution in [2.75, 3.05) is 5.32 Å². The molecule has 0 aliphatic heterocycles. The molecule has 2 rings (SSSR count). The first kappa shape index (κ1) is 12.5. The molecule has 0 aliphatic rings. The van der Waals surface area contributed by atoms with Gasteiger partial charge in [0.1, 0.15) is 0 Å². The van der Waals surface area contributed by atoms with E-state index < -0.39 is 17.5 Å². The van der Waals surface area contributed by atoms with Gasteiger partial charge in [0.15, 0.2) is 11.6 Å². The maximum Gasteiger partial charge on any atom is 0.255 e. The number of nitrogens with one attached hydrogen (secondary N) is 1. The Labute approximate surface area is 107 Å². The van der Waals surface area contributed by atoms with Crippen molar-refractivity contribution in [1.82, 2.24) is 0 Å². The van der Waals surface area contributed by atoms with E-state index in [0.717, 1.165) is 12.1 Å². The highest BCUT2D eigenvalue weighted by molar-refractivity contribution is 6.33. The van der Waals surface area contributed by atoms with Crippen LogP contribution in [0.25, 0.3) is 0 Å². The molecular weight excluding hydrogens is 260 g/mol. The van der Waals surface area contributed by atoms with Gasteiger partial charge in [-0.25, -0.2) is 8.78 Å². The molecule has 0 fully saturated rings. The van der Waals surface area contributed by atoms with Crippen molar-refractivity contribution >= 4 is 23.2 Å². The summed E-state index contributed by atoms with van der Waals surface area (Å²) < 4.78 is 25.7. The highest BCUT2D eigenvalue weighted by Crippen LogP contribution is 2.21. The van der Waals surface area contributed by atoms with Gasteiger partial charge in [0.2, 0.25) is 0 Å². The molecule has 0 bridgehead atoms. The minimum Gasteiger partial charge on any atom is -0.321 e. The Hall–Kier alpha value is -1.94. The Balaban J connectivity index is 2.22. The van der Waals surface area contributed by atoms with E-state index in [2.05, 4.69) is 5.32 Å². The molecule has 92 valence electrons. The van der Waals surface area contributed by atoms with E-state index in [0.29, 0.717) is 10.7 Å². The van der Waals surface area contributed by atoms with Crippen LogP contribution in [-0.4, -0.2) is 5.91 Å². The van der Waals surface area contributed by atoms with Crippen molar-refractivity contribution < 1.29 is 13.6 Å². The lowest BCUT2D eigenvalue weighted by atomic mass is 10.2. The smallest absolute Gasteiger partial charge is 0.255 e. The molecule has 0 saturated heterocycles. The molecule has 0 atom stereocenters. The monoisotopic (exact) mass is 267 g/mol. The first-order valence-electron chi connectivity index (χ1n) is 5.09. The largest absolute Gasteiger partial charge is 0.321 e. The van der Waals surface area contributed by atoms with Crippen molar-refractivity contribution in [2.45, 2.75) is 0 Å². The highest BCUT2D eigenvalue weighted by Gasteiger charge is 2.11. The maximum absolute atomic E-state index is 13.0. The quantitative estimate of drug-likeness (QED) is 0.879. The first-order valence-corrected chi connectivity index (χ1v) is 5.46. The lowest BCUT2D eigenvalue weighted by Crippen LogP contribution is -2.12. The van der Waals surface area contributed by atoms with Crippen LogP contribution in [0.3, 0.4) is 0 Å². The standard InChI is InChI=1S/C13H8ClF2NO/c14-9-3-1-2-4-12(9)17-13(18)8-5-6-10(15)11(16)7-8/h1-7H,(H,17,18). The fourth-order valence-corrected chi connectivity index (χ4v) is 1.58. The average Bonchev–Trinajstić information content (AvgIpc) is 2.35. The van der Waals surface area contributed by atoms with Gasteiger partial charge in [-0.05, 0) is 30.3 Å². The normalized spacial score (nSPS) is 10.2. The molecular formula is C13H8ClF2NO. The van der Waals surface area contributed by atoms with Crippen molar-refractivity contribution in [3.63, 3.8) is 0 Å². The average molecular weight is 268 g/mol. The number of hydrogen-bond donors (Lipinski definition) is 1. The minimum absolute atomic E-state index is 0.0221. The second-order valence-electron chi connectivity index (χ2n) is 3.56. The second-order valence-corrected chi connectivity index (χ2v) is 3.97. The van der Waals surface area contributed by atoms with Crippen LogP contribution in [-0.2, 0) is 0 Å². The number of halogens is 3. The van der Waals surface area contributed by atoms with Crippen LogP contribution in [0.2, 0.25) is 5.02 Å². The van der Waals surface area contributed by atoms with E-state index >= 15 is 0 Å². The van der Waals surface area contributed by atoms with E-state index in [4.69, 9.17) is 11.6 Å². The van der Waals surface area contributed by atoms with E-state index in [1.54, 1.807) is 24.3 Å². The molecule has 1 amide bonds. The van der Waals surface area contributed by atoms with Gasteiger partial charge in [0.05, 0.1) is 10.7 Å². The van der Waals surface area contributed by atoms with Crippen molar-refractivity contribution in [1.29, 1.82) is 0 Å². The van der Waals surface area contributed by atoms with E-state index in [9.17, 15) is 13.6 Å². The number of anilines is 1. The van der Waals surface area contributed by atoms with Gasteiger partial charge in [-0.3, -0.25) is 4.79 Å². The molecule has 2 aromatic rings. The summed E-state index contributed by atoms with van der Waals surface area (Å²) >= 11 is 5.86. The fourth-order valence-electron chi connectivity index (χ4n) is 1.39. The number of carbonyl (C=O) groups excluding carboxylic acids is 1. The summed E-state index contributed by atoms with van der Waals surface area (Å²) in [5, 5.41) is 2.88. The van der Waals surface area contributed by atoms with Gasteiger partial charge in [0, 0.05) is 5.56 Å². The summed E-state index contributed by atoms with van der Waals surface area (Å²) in [5.41, 5.74) is 0.433. The summed E-state index contributed by atoms with van der Waals surface area (Å²) in [6, 6.07) is 9.58. The Morgan fingerprint density at radius 1 is 1.06 bits per heavy atom. The Morgan fingerprint density at radius 3 is 2.44 bits per heavy atom. The van der Waals surface area contributed by atoms with Crippen LogP contribution in [0.1, 0.15) is 10.4 Å². The van der Waals surface area contributed by atoms with Crippen molar-refractivity contribution in [3.05, 3.63) is 64.7 Å². The molecule has 0 heterocycles. The molecule has 5 heteroatoms. The van der Waals surface area contributed by atoms with Crippen LogP contribution in [0.4, 0.5) is 14.5 Å². The lowest BCUT2D eigenvalue weighted by Gasteiger charge is -2.07. The summed E-state index contributed by atoms with van der Waals surface area (Å²) in [7, 11) is 0. The van der Waals surface area contributed by atoms with Crippen LogP contribution >= 0.6 is 11.6 Å². The summed E-state index contributed by atoms with van der Waals surface area (Å²) in [6.45, 7) is 0. The molecule has 0 unspecified atom stereocenters. The summed E-state index contributed by atoms with van der Waals surface area (Å²) in [4.78, 5) is 11.8. The first-order chi connectivity index (χ1) is 8.58. The molecule has 0 spiro atoms. The lowest BCUT2D eigenvalue weighted by molar-refractivity contribution is 0.102. The van der Waals surface area contributed by atoms with Crippen LogP contribution in [0.5, 0.6) is 0 Å². The van der Waals surface area contributed by atoms with Gasteiger partial charge < -0.3 is 5.32 Å². The van der Waals surface area contributed by atoms with Gasteiger partial charge in [-0.15, -0.1) is 0 Å². The third-order valence-electron chi connectivity index (χ3n) is 2.30. The third kappa shape index (κ3) is 2.65. The molecule has 2 nitrogen and oxygen atoms in total. The molecule has 0 radical (unpaired) electrons. The van der Waals surface area contributed by atoms with E-state index in [-0.39, 0.29) is 5.56 Å². The number of rotatable bonds is 2. The number of hydrogen-bond acceptors (Lipinski definition) is 1. The van der Waals surface area contributed by atoms with Crippen molar-refractivity contribution in [3.8, 4) is 0 Å². The molecule has 0 aliphatic carbocycles. The summed E-state index contributed by atoms with van der Waals surface area (Å²) in [5.74, 6) is -2.62. The predicted molar refractivity (Wildman–Crippen MR) is 65.8 cm³/mol. The molecule has 18 heavy (non-hydrogen) atoms. The van der Waals surface area contributed by atoms with Gasteiger partial charge in [0.25, 0.3) is 5.91 Å². The Morgan fingerprint density at radius 2 is 1.78 bits per heavy atom. The zero-order valence-electron chi connectivity index (χ0n) is 9.08. The minimum atomic E-state index is -1.07. The SMILES string of the molecule is O=C(Nc1ccccc1Cl)c1ccc(F)c(F)c1. The summed E-state index contributed by atoms with van der Waals surface area (Å²) in [6.07, 6.45) is 0. The highest BCUT2D eigenvalue weighted by atomic mass is 35.5. The molecule has 1 N–H and O–H groups in total. The Bertz CT molecular complexity index is 601. The van der Waals surface area contributed by atoms with Crippen LogP contribution in [0, 0.1) is 11.6 Å². The number of para-hydroxylation sites is 1. The zero-order chi connectivity index (χ0) is 13.1. The van der Waals surface area contributed by atoms with E-state index in [1.807, 2.05) is 0 Å². The number of benzene rings is 2. The van der Waals surface area contributed by atoms with E-state index in [1.165, 1.54) is 6.07 Å². The van der Waals surface area contributed by atoms with Gasteiger partial charge in [-0.2, -0.15) is 0 Å². The molecule has 0 aromatic heterocycles. The number of amides is 1. The fraction of sp³-hybridized carbons (Fsp3) is 0. The zero-order valence-corrected chi connectivity index (χ0v) is 9.84. The molecule has 2 aromatic carbocycles. The van der Waals surface area contributed by atoms with Gasteiger partial charge >= 0.3 is 0 Å². The topological polar surface area (TPSA) is 29.1 Å². The predicted octanol–water partition coefficient (Wildman–Crippen LogP) is 3.87. The van der Waals surface area contributed by atoms with Crippen molar-refractivity contribution in [2.24, 2.45) is 0 Å². The number of carbonyl (C=O) groups is 1. The van der Waals surface area contributed by atoms with Crippen LogP contribution in [0.15, 0.2) is 42.5 Å². The maximum atomic E-state index is 13.0. The second kappa shape index (κ2) is 5.14. The third-order valence-corrected chi connectivity index (χ3v) is 2.63. The van der Waals surface area contributed by atoms with Crippen LogP contribution < -0.4 is 5.32 Å². The molecule has 0 saturated carbocycles. The Kier molecular flexibility index (Phi) is 3.58. The van der Waals surface area contributed by atoms with Gasteiger partial charge in [-0.1, -0.05) is 23.7 Å².